The van der Waals surface area contributed by atoms with E-state index in [4.69, 9.17) is 0 Å². The molecule has 2 aromatic heterocycles. The van der Waals surface area contributed by atoms with Gasteiger partial charge in [-0.1, -0.05) is 19.9 Å². The first-order valence-corrected chi connectivity index (χ1v) is 8.52. The monoisotopic (exact) mass is 317 g/mol. The zero-order valence-corrected chi connectivity index (χ0v) is 14.0. The van der Waals surface area contributed by atoms with E-state index in [2.05, 4.69) is 35.6 Å². The maximum atomic E-state index is 12.5. The Morgan fingerprint density at radius 3 is 2.77 bits per heavy atom. The van der Waals surface area contributed by atoms with Crippen molar-refractivity contribution in [3.8, 4) is 0 Å². The summed E-state index contributed by atoms with van der Waals surface area (Å²) in [6.07, 6.45) is 4.54. The van der Waals surface area contributed by atoms with Crippen molar-refractivity contribution in [1.82, 2.24) is 15.2 Å². The van der Waals surface area contributed by atoms with E-state index >= 15 is 0 Å². The number of aromatic nitrogens is 1. The van der Waals surface area contributed by atoms with Gasteiger partial charge >= 0.3 is 6.03 Å². The highest BCUT2D eigenvalue weighted by Crippen LogP contribution is 2.12. The Balaban J connectivity index is 1.99. The molecule has 5 heteroatoms. The van der Waals surface area contributed by atoms with Gasteiger partial charge in [-0.15, -0.1) is 0 Å². The van der Waals surface area contributed by atoms with Crippen molar-refractivity contribution in [3.63, 3.8) is 0 Å². The Kier molecular flexibility index (Phi) is 6.40. The summed E-state index contributed by atoms with van der Waals surface area (Å²) >= 11 is 1.65. The summed E-state index contributed by atoms with van der Waals surface area (Å²) in [7, 11) is 0. The van der Waals surface area contributed by atoms with Crippen molar-refractivity contribution in [2.75, 3.05) is 6.54 Å². The molecule has 0 saturated carbocycles. The predicted molar refractivity (Wildman–Crippen MR) is 90.7 cm³/mol. The number of carbonyl (C=O) groups excluding carboxylic acids is 1. The lowest BCUT2D eigenvalue weighted by atomic mass is 10.1. The molecule has 2 heterocycles. The average Bonchev–Trinajstić information content (AvgIpc) is 3.00. The van der Waals surface area contributed by atoms with Crippen LogP contribution in [0.25, 0.3) is 0 Å². The molecule has 2 aromatic rings. The van der Waals surface area contributed by atoms with Crippen molar-refractivity contribution in [1.29, 1.82) is 0 Å². The van der Waals surface area contributed by atoms with E-state index in [1.807, 2.05) is 28.6 Å². The van der Waals surface area contributed by atoms with Gasteiger partial charge in [0, 0.05) is 32.0 Å². The third-order valence-electron chi connectivity index (χ3n) is 3.33. The second kappa shape index (κ2) is 8.54. The summed E-state index contributed by atoms with van der Waals surface area (Å²) in [5.41, 5.74) is 2.20. The van der Waals surface area contributed by atoms with Gasteiger partial charge in [0.25, 0.3) is 0 Å². The van der Waals surface area contributed by atoms with Crippen LogP contribution in [0.2, 0.25) is 0 Å². The van der Waals surface area contributed by atoms with Crippen LogP contribution in [0.1, 0.15) is 31.4 Å². The summed E-state index contributed by atoms with van der Waals surface area (Å²) in [4.78, 5) is 18.4. The Hall–Kier alpha value is -1.88. The second-order valence-corrected chi connectivity index (χ2v) is 6.54. The molecule has 0 fully saturated rings. The fraction of sp³-hybridized carbons (Fsp3) is 0.412. The average molecular weight is 317 g/mol. The minimum absolute atomic E-state index is 0.0179. The molecule has 0 aliphatic rings. The molecule has 0 aliphatic carbocycles. The quantitative estimate of drug-likeness (QED) is 0.842. The summed E-state index contributed by atoms with van der Waals surface area (Å²) < 4.78 is 0. The minimum Gasteiger partial charge on any atom is -0.338 e. The van der Waals surface area contributed by atoms with Gasteiger partial charge in [-0.25, -0.2) is 4.79 Å². The summed E-state index contributed by atoms with van der Waals surface area (Å²) in [5, 5.41) is 7.13. The summed E-state index contributed by atoms with van der Waals surface area (Å²) in [6, 6.07) is 5.93. The zero-order chi connectivity index (χ0) is 15.8. The fourth-order valence-electron chi connectivity index (χ4n) is 2.09. The van der Waals surface area contributed by atoms with E-state index in [1.54, 1.807) is 17.5 Å². The maximum Gasteiger partial charge on any atom is 0.318 e. The minimum atomic E-state index is -0.0179. The third-order valence-corrected chi connectivity index (χ3v) is 4.07. The van der Waals surface area contributed by atoms with Crippen LogP contribution in [-0.4, -0.2) is 22.5 Å². The van der Waals surface area contributed by atoms with Gasteiger partial charge in [0.05, 0.1) is 0 Å². The van der Waals surface area contributed by atoms with Gasteiger partial charge < -0.3 is 10.2 Å². The van der Waals surface area contributed by atoms with Crippen LogP contribution in [0.15, 0.2) is 41.4 Å². The van der Waals surface area contributed by atoms with Gasteiger partial charge in [0.2, 0.25) is 0 Å². The lowest BCUT2D eigenvalue weighted by Gasteiger charge is -2.23. The first kappa shape index (κ1) is 16.5. The summed E-state index contributed by atoms with van der Waals surface area (Å²) in [6.45, 7) is 6.21. The number of carbonyl (C=O) groups is 1. The number of pyridine rings is 1. The van der Waals surface area contributed by atoms with E-state index in [0.717, 1.165) is 17.5 Å². The smallest absolute Gasteiger partial charge is 0.318 e. The van der Waals surface area contributed by atoms with Crippen molar-refractivity contribution < 1.29 is 4.79 Å². The molecule has 0 saturated heterocycles. The molecule has 1 N–H and O–H groups in total. The van der Waals surface area contributed by atoms with E-state index in [9.17, 15) is 4.79 Å². The molecule has 4 nitrogen and oxygen atoms in total. The molecule has 0 spiro atoms. The van der Waals surface area contributed by atoms with E-state index in [-0.39, 0.29) is 6.03 Å². The van der Waals surface area contributed by atoms with E-state index in [1.165, 1.54) is 0 Å². The lowest BCUT2D eigenvalue weighted by molar-refractivity contribution is 0.192. The van der Waals surface area contributed by atoms with Crippen LogP contribution in [0.3, 0.4) is 0 Å². The normalized spacial score (nSPS) is 10.7. The van der Waals surface area contributed by atoms with Crippen LogP contribution in [-0.2, 0) is 13.1 Å². The molecule has 2 rings (SSSR count). The number of amides is 2. The topological polar surface area (TPSA) is 45.2 Å². The Morgan fingerprint density at radius 2 is 2.14 bits per heavy atom. The van der Waals surface area contributed by atoms with Crippen LogP contribution in [0, 0.1) is 5.92 Å². The third kappa shape index (κ3) is 5.48. The zero-order valence-electron chi connectivity index (χ0n) is 13.2. The van der Waals surface area contributed by atoms with Gasteiger partial charge in [-0.3, -0.25) is 4.98 Å². The number of hydrogen-bond donors (Lipinski definition) is 1. The number of nitrogens with one attached hydrogen (secondary N) is 1. The highest BCUT2D eigenvalue weighted by Gasteiger charge is 2.14. The van der Waals surface area contributed by atoms with E-state index in [0.29, 0.717) is 25.6 Å². The second-order valence-electron chi connectivity index (χ2n) is 5.76. The first-order valence-electron chi connectivity index (χ1n) is 7.58. The van der Waals surface area contributed by atoms with Crippen molar-refractivity contribution >= 4 is 17.4 Å². The van der Waals surface area contributed by atoms with Crippen LogP contribution in [0.5, 0.6) is 0 Å². The van der Waals surface area contributed by atoms with Gasteiger partial charge in [-0.2, -0.15) is 11.3 Å². The molecule has 0 unspecified atom stereocenters. The van der Waals surface area contributed by atoms with Crippen LogP contribution < -0.4 is 5.32 Å². The molecule has 2 amide bonds. The number of rotatable bonds is 7. The Morgan fingerprint density at radius 1 is 1.32 bits per heavy atom. The largest absolute Gasteiger partial charge is 0.338 e. The van der Waals surface area contributed by atoms with Crippen LogP contribution in [0.4, 0.5) is 4.79 Å². The molecule has 0 radical (unpaired) electrons. The number of urea groups is 1. The maximum absolute atomic E-state index is 12.5. The molecular formula is C17H23N3OS. The van der Waals surface area contributed by atoms with Crippen LogP contribution >= 0.6 is 11.3 Å². The van der Waals surface area contributed by atoms with Gasteiger partial charge in [0.1, 0.15) is 0 Å². The van der Waals surface area contributed by atoms with Crippen molar-refractivity contribution in [2.24, 2.45) is 5.92 Å². The molecule has 0 aliphatic heterocycles. The summed E-state index contributed by atoms with van der Waals surface area (Å²) in [5.74, 6) is 0.587. The SMILES string of the molecule is CC(C)CCNC(=O)N(Cc1cccnc1)Cc1ccsc1. The standard InChI is InChI=1S/C17H23N3OS/c1-14(2)5-8-19-17(21)20(12-16-6-9-22-13-16)11-15-4-3-7-18-10-15/h3-4,6-7,9-10,13-14H,5,8,11-12H2,1-2H3,(H,19,21). The molecule has 0 aromatic carbocycles. The molecule has 0 bridgehead atoms. The predicted octanol–water partition coefficient (Wildman–Crippen LogP) is 3.90. The lowest BCUT2D eigenvalue weighted by Crippen LogP contribution is -2.39. The molecular weight excluding hydrogens is 294 g/mol. The van der Waals surface area contributed by atoms with Crippen molar-refractivity contribution in [3.05, 3.63) is 52.5 Å². The Bertz CT molecular complexity index is 555. The molecule has 22 heavy (non-hydrogen) atoms. The highest BCUT2D eigenvalue weighted by atomic mass is 32.1. The molecule has 0 atom stereocenters. The Labute approximate surface area is 136 Å². The van der Waals surface area contributed by atoms with Gasteiger partial charge in [0.15, 0.2) is 0 Å². The highest BCUT2D eigenvalue weighted by molar-refractivity contribution is 7.07. The van der Waals surface area contributed by atoms with E-state index < -0.39 is 0 Å². The number of thiophene rings is 1. The number of hydrogen-bond acceptors (Lipinski definition) is 3. The molecule has 118 valence electrons. The first-order chi connectivity index (χ1) is 10.6. The number of nitrogens with zero attached hydrogens (tertiary/aromatic N) is 2. The van der Waals surface area contributed by atoms with Crippen molar-refractivity contribution in [2.45, 2.75) is 33.4 Å². The fourth-order valence-corrected chi connectivity index (χ4v) is 2.75. The van der Waals surface area contributed by atoms with Gasteiger partial charge in [-0.05, 0) is 46.4 Å².